The van der Waals surface area contributed by atoms with Gasteiger partial charge in [-0.3, -0.25) is 4.98 Å². The van der Waals surface area contributed by atoms with Crippen molar-refractivity contribution in [3.8, 4) is 0 Å². The first kappa shape index (κ1) is 19.9. The number of hydrogen-bond acceptors (Lipinski definition) is 3. The lowest BCUT2D eigenvalue weighted by Crippen LogP contribution is -2.33. The minimum atomic E-state index is -0.895. The first-order valence-electron chi connectivity index (χ1n) is 8.39. The molecular weight excluding hydrogens is 356 g/mol. The zero-order valence-corrected chi connectivity index (χ0v) is 17.2. The van der Waals surface area contributed by atoms with Crippen LogP contribution in [0.4, 0.5) is 4.79 Å². The first-order valence-corrected chi connectivity index (χ1v) is 11.2. The summed E-state index contributed by atoms with van der Waals surface area (Å²) >= 11 is 6.55. The van der Waals surface area contributed by atoms with Crippen LogP contribution < -0.4 is 0 Å². The molecule has 0 aliphatic carbocycles. The molecule has 0 aromatic carbocycles. The molecule has 25 heavy (non-hydrogen) atoms. The van der Waals surface area contributed by atoms with Gasteiger partial charge in [0.1, 0.15) is 0 Å². The van der Waals surface area contributed by atoms with Gasteiger partial charge in [0.15, 0.2) is 0 Å². The van der Waals surface area contributed by atoms with Crippen LogP contribution in [0.2, 0.25) is 18.1 Å². The molecule has 0 bridgehead atoms. The zero-order chi connectivity index (χ0) is 18.8. The van der Waals surface area contributed by atoms with E-state index < -0.39 is 15.1 Å². The normalized spacial score (nSPS) is 16.8. The van der Waals surface area contributed by atoms with Crippen molar-refractivity contribution in [2.75, 3.05) is 13.1 Å². The number of rotatable bonds is 4. The van der Waals surface area contributed by atoms with Crippen LogP contribution in [-0.2, 0) is 4.43 Å². The van der Waals surface area contributed by atoms with Crippen LogP contribution in [0.25, 0.3) is 5.57 Å². The third-order valence-electron chi connectivity index (χ3n) is 4.11. The average molecular weight is 382 g/mol. The summed E-state index contributed by atoms with van der Waals surface area (Å²) in [5.74, 6) is 0. The van der Waals surface area contributed by atoms with E-state index in [1.54, 1.807) is 0 Å². The summed E-state index contributed by atoms with van der Waals surface area (Å²) in [4.78, 5) is 17.0. The molecule has 0 spiro atoms. The van der Waals surface area contributed by atoms with Gasteiger partial charge in [0.05, 0.1) is 16.8 Å². The number of pyridine rings is 1. The van der Waals surface area contributed by atoms with E-state index >= 15 is 0 Å². The molecule has 5 nitrogen and oxygen atoms in total. The standard InChI is InChI=1S/C18H26ClN2O3Si/c1-18(2,3)16(24-25(4)5)15-14(19)10-13(11-20-15)12-6-8-21(9-7-12)17(22)23/h6,10-11,16H,7-9H2,1-5H3,(H,22,23). The van der Waals surface area contributed by atoms with Crippen LogP contribution in [0.3, 0.4) is 0 Å². The predicted octanol–water partition coefficient (Wildman–Crippen LogP) is 4.86. The number of carbonyl (C=O) groups is 1. The Labute approximate surface area is 156 Å². The van der Waals surface area contributed by atoms with E-state index in [4.69, 9.17) is 21.1 Å². The summed E-state index contributed by atoms with van der Waals surface area (Å²) in [5.41, 5.74) is 2.70. The SMILES string of the molecule is C[Si](C)OC(c1ncc(C2=CCN(C(=O)O)CC2)cc1Cl)C(C)(C)C. The van der Waals surface area contributed by atoms with Gasteiger partial charge in [0.25, 0.3) is 0 Å². The average Bonchev–Trinajstić information content (AvgIpc) is 2.52. The van der Waals surface area contributed by atoms with Crippen LogP contribution in [0.1, 0.15) is 44.6 Å². The van der Waals surface area contributed by atoms with Crippen molar-refractivity contribution in [3.63, 3.8) is 0 Å². The highest BCUT2D eigenvalue weighted by Crippen LogP contribution is 2.39. The zero-order valence-electron chi connectivity index (χ0n) is 15.5. The molecule has 2 heterocycles. The molecule has 0 fully saturated rings. The highest BCUT2D eigenvalue weighted by atomic mass is 35.5. The predicted molar refractivity (Wildman–Crippen MR) is 102 cm³/mol. The van der Waals surface area contributed by atoms with Crippen molar-refractivity contribution >= 4 is 32.3 Å². The molecule has 1 atom stereocenters. The summed E-state index contributed by atoms with van der Waals surface area (Å²) in [6.45, 7) is 11.5. The number of nitrogens with zero attached hydrogens (tertiary/aromatic N) is 2. The number of halogens is 1. The van der Waals surface area contributed by atoms with E-state index in [9.17, 15) is 4.79 Å². The topological polar surface area (TPSA) is 62.7 Å². The molecule has 1 aromatic heterocycles. The molecular formula is C18H26ClN2O3Si. The number of hydrogen-bond donors (Lipinski definition) is 1. The summed E-state index contributed by atoms with van der Waals surface area (Å²) in [5, 5.41) is 9.64. The van der Waals surface area contributed by atoms with E-state index in [0.717, 1.165) is 16.8 Å². The van der Waals surface area contributed by atoms with Crippen LogP contribution in [0, 0.1) is 5.41 Å². The van der Waals surface area contributed by atoms with Gasteiger partial charge in [-0.2, -0.15) is 0 Å². The molecule has 1 aromatic rings. The quantitative estimate of drug-likeness (QED) is 0.756. The van der Waals surface area contributed by atoms with E-state index in [-0.39, 0.29) is 11.5 Å². The van der Waals surface area contributed by atoms with Crippen molar-refractivity contribution in [1.29, 1.82) is 0 Å². The van der Waals surface area contributed by atoms with Crippen LogP contribution >= 0.6 is 11.6 Å². The minimum Gasteiger partial charge on any atom is -0.465 e. The van der Waals surface area contributed by atoms with Crippen LogP contribution in [0.15, 0.2) is 18.3 Å². The first-order chi connectivity index (χ1) is 11.6. The molecule has 0 saturated carbocycles. The summed E-state index contributed by atoms with van der Waals surface area (Å²) in [7, 11) is -0.895. The lowest BCUT2D eigenvalue weighted by molar-refractivity contribution is 0.0828. The largest absolute Gasteiger partial charge is 0.465 e. The van der Waals surface area contributed by atoms with Gasteiger partial charge in [-0.15, -0.1) is 0 Å². The van der Waals surface area contributed by atoms with E-state index in [2.05, 4.69) is 38.8 Å². The van der Waals surface area contributed by atoms with Gasteiger partial charge in [-0.1, -0.05) is 38.4 Å². The van der Waals surface area contributed by atoms with Gasteiger partial charge in [0, 0.05) is 19.3 Å². The minimum absolute atomic E-state index is 0.105. The van der Waals surface area contributed by atoms with Gasteiger partial charge in [0.2, 0.25) is 9.04 Å². The molecule has 1 N–H and O–H groups in total. The van der Waals surface area contributed by atoms with E-state index in [1.165, 1.54) is 4.90 Å². The molecule has 2 rings (SSSR count). The third-order valence-corrected chi connectivity index (χ3v) is 5.12. The maximum absolute atomic E-state index is 11.0. The second-order valence-corrected chi connectivity index (χ2v) is 10.0. The molecule has 1 aliphatic rings. The third kappa shape index (κ3) is 5.06. The Hall–Kier alpha value is -1.37. The Morgan fingerprint density at radius 2 is 2.12 bits per heavy atom. The highest BCUT2D eigenvalue weighted by Gasteiger charge is 2.31. The van der Waals surface area contributed by atoms with Gasteiger partial charge < -0.3 is 14.4 Å². The Morgan fingerprint density at radius 1 is 1.44 bits per heavy atom. The molecule has 1 unspecified atom stereocenters. The molecule has 137 valence electrons. The Morgan fingerprint density at radius 3 is 2.56 bits per heavy atom. The number of carboxylic acid groups (broad SMARTS) is 1. The van der Waals surface area contributed by atoms with Gasteiger partial charge in [-0.25, -0.2) is 4.79 Å². The number of aromatic nitrogens is 1. The Kier molecular flexibility index (Phi) is 6.29. The van der Waals surface area contributed by atoms with Crippen LogP contribution in [-0.4, -0.2) is 43.2 Å². The van der Waals surface area contributed by atoms with Crippen LogP contribution in [0.5, 0.6) is 0 Å². The van der Waals surface area contributed by atoms with Gasteiger partial charge >= 0.3 is 6.09 Å². The lowest BCUT2D eigenvalue weighted by atomic mass is 9.86. The Bertz CT molecular complexity index is 671. The number of amides is 1. The van der Waals surface area contributed by atoms with Crippen molar-refractivity contribution in [2.45, 2.75) is 46.4 Å². The summed E-state index contributed by atoms with van der Waals surface area (Å²) in [6.07, 6.45) is 3.38. The maximum atomic E-state index is 11.0. The second-order valence-electron chi connectivity index (χ2n) is 7.57. The van der Waals surface area contributed by atoms with E-state index in [0.29, 0.717) is 24.5 Å². The van der Waals surface area contributed by atoms with Gasteiger partial charge in [-0.05, 0) is 42.1 Å². The maximum Gasteiger partial charge on any atom is 0.407 e. The Balaban J connectivity index is 2.27. The molecule has 1 aliphatic heterocycles. The van der Waals surface area contributed by atoms with Crippen molar-refractivity contribution in [1.82, 2.24) is 9.88 Å². The highest BCUT2D eigenvalue weighted by molar-refractivity contribution is 6.48. The molecule has 1 radical (unpaired) electrons. The monoisotopic (exact) mass is 381 g/mol. The molecule has 7 heteroatoms. The fourth-order valence-corrected chi connectivity index (χ4v) is 4.00. The molecule has 1 amide bonds. The lowest BCUT2D eigenvalue weighted by Gasteiger charge is -2.32. The second kappa shape index (κ2) is 7.89. The molecule has 0 saturated heterocycles. The van der Waals surface area contributed by atoms with E-state index in [1.807, 2.05) is 18.3 Å². The smallest absolute Gasteiger partial charge is 0.407 e. The summed E-state index contributed by atoms with van der Waals surface area (Å²) < 4.78 is 6.18. The van der Waals surface area contributed by atoms with Crippen molar-refractivity contribution < 1.29 is 14.3 Å². The van der Waals surface area contributed by atoms with Crippen molar-refractivity contribution in [2.24, 2.45) is 5.41 Å². The summed E-state index contributed by atoms with van der Waals surface area (Å²) in [6, 6.07) is 1.92. The fourth-order valence-electron chi connectivity index (χ4n) is 2.80. The fraction of sp³-hybridized carbons (Fsp3) is 0.556. The van der Waals surface area contributed by atoms with Crippen molar-refractivity contribution in [3.05, 3.63) is 34.6 Å².